The highest BCUT2D eigenvalue weighted by molar-refractivity contribution is 6.31. The van der Waals surface area contributed by atoms with Crippen molar-refractivity contribution >= 4 is 17.6 Å². The van der Waals surface area contributed by atoms with Gasteiger partial charge in [0, 0.05) is 20.0 Å². The minimum Gasteiger partial charge on any atom is -0.481 e. The molecule has 0 spiro atoms. The van der Waals surface area contributed by atoms with Crippen LogP contribution in [0, 0.1) is 5.41 Å². The van der Waals surface area contributed by atoms with Crippen LogP contribution in [-0.4, -0.2) is 27.4 Å². The molecule has 0 bridgehead atoms. The van der Waals surface area contributed by atoms with Crippen molar-refractivity contribution in [3.63, 3.8) is 0 Å². The first-order valence-corrected chi connectivity index (χ1v) is 7.77. The summed E-state index contributed by atoms with van der Waals surface area (Å²) in [6.07, 6.45) is 2.67. The fourth-order valence-electron chi connectivity index (χ4n) is 2.22. The Morgan fingerprint density at radius 1 is 1.43 bits per heavy atom. The molecule has 0 aromatic carbocycles. The lowest BCUT2D eigenvalue weighted by Crippen LogP contribution is -2.23. The number of nitrogens with zero attached hydrogens (tertiary/aromatic N) is 2. The van der Waals surface area contributed by atoms with Crippen molar-refractivity contribution in [2.75, 3.05) is 6.54 Å². The van der Waals surface area contributed by atoms with Gasteiger partial charge in [0.25, 0.3) is 0 Å². The fourth-order valence-corrected chi connectivity index (χ4v) is 2.58. The smallest absolute Gasteiger partial charge is 0.303 e. The Hall–Kier alpha value is -1.07. The van der Waals surface area contributed by atoms with E-state index in [2.05, 4.69) is 24.3 Å². The molecule has 0 saturated heterocycles. The molecule has 120 valence electrons. The van der Waals surface area contributed by atoms with E-state index in [9.17, 15) is 4.79 Å². The molecule has 0 unspecified atom stereocenters. The number of carboxylic acids is 1. The molecule has 1 heterocycles. The highest BCUT2D eigenvalue weighted by atomic mass is 35.5. The van der Waals surface area contributed by atoms with Crippen LogP contribution < -0.4 is 5.32 Å². The van der Waals surface area contributed by atoms with Crippen LogP contribution in [0.25, 0.3) is 0 Å². The summed E-state index contributed by atoms with van der Waals surface area (Å²) in [7, 11) is 1.90. The zero-order valence-electron chi connectivity index (χ0n) is 13.4. The van der Waals surface area contributed by atoms with E-state index in [-0.39, 0.29) is 11.8 Å². The second kappa shape index (κ2) is 7.80. The molecule has 6 heteroatoms. The molecular formula is C15H26ClN3O2. The van der Waals surface area contributed by atoms with E-state index in [0.717, 1.165) is 35.8 Å². The van der Waals surface area contributed by atoms with Gasteiger partial charge in [-0.1, -0.05) is 32.4 Å². The standard InChI is InChI=1S/C15H26ClN3O2/c1-5-11-14(16)12(19(4)18-11)10-17-9-8-15(2,3)7-6-13(20)21/h17H,5-10H2,1-4H3,(H,20,21). The van der Waals surface area contributed by atoms with Crippen molar-refractivity contribution in [1.29, 1.82) is 0 Å². The van der Waals surface area contributed by atoms with Gasteiger partial charge in [-0.25, -0.2) is 0 Å². The number of aryl methyl sites for hydroxylation is 2. The van der Waals surface area contributed by atoms with Crippen molar-refractivity contribution in [1.82, 2.24) is 15.1 Å². The number of aromatic nitrogens is 2. The van der Waals surface area contributed by atoms with Gasteiger partial charge in [0.15, 0.2) is 0 Å². The zero-order valence-corrected chi connectivity index (χ0v) is 14.1. The van der Waals surface area contributed by atoms with Gasteiger partial charge in [-0.05, 0) is 31.2 Å². The number of carbonyl (C=O) groups is 1. The predicted molar refractivity (Wildman–Crippen MR) is 84.6 cm³/mol. The minimum atomic E-state index is -0.732. The number of carboxylic acid groups (broad SMARTS) is 1. The number of nitrogens with one attached hydrogen (secondary N) is 1. The fraction of sp³-hybridized carbons (Fsp3) is 0.733. The molecule has 0 aliphatic carbocycles. The molecule has 21 heavy (non-hydrogen) atoms. The third-order valence-electron chi connectivity index (χ3n) is 3.79. The maximum absolute atomic E-state index is 10.6. The van der Waals surface area contributed by atoms with Crippen LogP contribution in [0.1, 0.15) is 51.4 Å². The monoisotopic (exact) mass is 315 g/mol. The number of rotatable bonds is 9. The van der Waals surface area contributed by atoms with E-state index < -0.39 is 5.97 Å². The average molecular weight is 316 g/mol. The summed E-state index contributed by atoms with van der Waals surface area (Å²) in [4.78, 5) is 10.6. The molecule has 0 atom stereocenters. The Kier molecular flexibility index (Phi) is 6.68. The summed E-state index contributed by atoms with van der Waals surface area (Å²) >= 11 is 6.29. The van der Waals surface area contributed by atoms with Crippen LogP contribution in [-0.2, 0) is 24.8 Å². The summed E-state index contributed by atoms with van der Waals surface area (Å²) in [6, 6.07) is 0. The number of hydrogen-bond donors (Lipinski definition) is 2. The first kappa shape index (κ1) is 18.0. The summed E-state index contributed by atoms with van der Waals surface area (Å²) in [5.41, 5.74) is 1.95. The first-order chi connectivity index (χ1) is 9.76. The summed E-state index contributed by atoms with van der Waals surface area (Å²) in [5, 5.41) is 17.2. The average Bonchev–Trinajstić information content (AvgIpc) is 2.68. The molecule has 0 saturated carbocycles. The highest BCUT2D eigenvalue weighted by Gasteiger charge is 2.19. The summed E-state index contributed by atoms with van der Waals surface area (Å²) < 4.78 is 1.82. The van der Waals surface area contributed by atoms with E-state index in [1.807, 2.05) is 18.7 Å². The Morgan fingerprint density at radius 3 is 2.62 bits per heavy atom. The van der Waals surface area contributed by atoms with Crippen molar-refractivity contribution in [3.05, 3.63) is 16.4 Å². The van der Waals surface area contributed by atoms with E-state index in [1.54, 1.807) is 0 Å². The van der Waals surface area contributed by atoms with Crippen molar-refractivity contribution < 1.29 is 9.90 Å². The van der Waals surface area contributed by atoms with Crippen LogP contribution >= 0.6 is 11.6 Å². The lowest BCUT2D eigenvalue weighted by molar-refractivity contribution is -0.137. The van der Waals surface area contributed by atoms with Gasteiger partial charge in [0.1, 0.15) is 0 Å². The molecule has 0 aliphatic rings. The number of aliphatic carboxylic acids is 1. The molecule has 1 aromatic rings. The molecule has 1 aromatic heterocycles. The second-order valence-corrected chi connectivity index (χ2v) is 6.55. The minimum absolute atomic E-state index is 0.0240. The number of halogens is 1. The van der Waals surface area contributed by atoms with Crippen LogP contribution in [0.15, 0.2) is 0 Å². The molecular weight excluding hydrogens is 290 g/mol. The van der Waals surface area contributed by atoms with E-state index in [4.69, 9.17) is 16.7 Å². The Labute approximate surface area is 131 Å². The lowest BCUT2D eigenvalue weighted by atomic mass is 9.84. The molecule has 2 N–H and O–H groups in total. The van der Waals surface area contributed by atoms with Gasteiger partial charge < -0.3 is 10.4 Å². The van der Waals surface area contributed by atoms with Gasteiger partial charge in [-0.15, -0.1) is 0 Å². The molecule has 0 fully saturated rings. The lowest BCUT2D eigenvalue weighted by Gasteiger charge is -2.23. The van der Waals surface area contributed by atoms with E-state index in [0.29, 0.717) is 13.0 Å². The van der Waals surface area contributed by atoms with Crippen LogP contribution in [0.5, 0.6) is 0 Å². The maximum Gasteiger partial charge on any atom is 0.303 e. The van der Waals surface area contributed by atoms with Crippen molar-refractivity contribution in [2.45, 2.75) is 53.0 Å². The molecule has 0 amide bonds. The van der Waals surface area contributed by atoms with Crippen LogP contribution in [0.3, 0.4) is 0 Å². The number of hydrogen-bond acceptors (Lipinski definition) is 3. The van der Waals surface area contributed by atoms with Gasteiger partial charge in [-0.2, -0.15) is 5.10 Å². The topological polar surface area (TPSA) is 67.2 Å². The summed E-state index contributed by atoms with van der Waals surface area (Å²) in [6.45, 7) is 7.75. The normalized spacial score (nSPS) is 11.9. The second-order valence-electron chi connectivity index (χ2n) is 6.17. The first-order valence-electron chi connectivity index (χ1n) is 7.39. The van der Waals surface area contributed by atoms with Gasteiger partial charge in [0.05, 0.1) is 16.4 Å². The predicted octanol–water partition coefficient (Wildman–Crippen LogP) is 3.01. The van der Waals surface area contributed by atoms with Crippen LogP contribution in [0.4, 0.5) is 0 Å². The SMILES string of the molecule is CCc1nn(C)c(CNCCC(C)(C)CCC(=O)O)c1Cl. The van der Waals surface area contributed by atoms with Gasteiger partial charge in [-0.3, -0.25) is 9.48 Å². The molecule has 0 aliphatic heterocycles. The third-order valence-corrected chi connectivity index (χ3v) is 4.23. The van der Waals surface area contributed by atoms with Crippen molar-refractivity contribution in [3.8, 4) is 0 Å². The van der Waals surface area contributed by atoms with Gasteiger partial charge >= 0.3 is 5.97 Å². The molecule has 5 nitrogen and oxygen atoms in total. The quantitative estimate of drug-likeness (QED) is 0.687. The Morgan fingerprint density at radius 2 is 2.10 bits per heavy atom. The van der Waals surface area contributed by atoms with E-state index in [1.165, 1.54) is 0 Å². The molecule has 0 radical (unpaired) electrons. The maximum atomic E-state index is 10.6. The molecule has 1 rings (SSSR count). The van der Waals surface area contributed by atoms with Crippen molar-refractivity contribution in [2.24, 2.45) is 12.5 Å². The Bertz CT molecular complexity index is 484. The highest BCUT2D eigenvalue weighted by Crippen LogP contribution is 2.26. The zero-order chi connectivity index (χ0) is 16.0. The third kappa shape index (κ3) is 5.67. The van der Waals surface area contributed by atoms with E-state index >= 15 is 0 Å². The largest absolute Gasteiger partial charge is 0.481 e. The van der Waals surface area contributed by atoms with Gasteiger partial charge in [0.2, 0.25) is 0 Å². The van der Waals surface area contributed by atoms with Crippen LogP contribution in [0.2, 0.25) is 5.02 Å². The summed E-state index contributed by atoms with van der Waals surface area (Å²) in [5.74, 6) is -0.732. The Balaban J connectivity index is 2.40.